The lowest BCUT2D eigenvalue weighted by Crippen LogP contribution is -2.38. The van der Waals surface area contributed by atoms with E-state index in [1.165, 1.54) is 5.69 Å². The van der Waals surface area contributed by atoms with Crippen molar-refractivity contribution in [2.75, 3.05) is 13.1 Å². The fourth-order valence-electron chi connectivity index (χ4n) is 3.67. The molecule has 1 amide bonds. The zero-order valence-electron chi connectivity index (χ0n) is 14.3. The summed E-state index contributed by atoms with van der Waals surface area (Å²) < 4.78 is 0. The van der Waals surface area contributed by atoms with Gasteiger partial charge in [0.25, 0.3) is 0 Å². The van der Waals surface area contributed by atoms with Crippen molar-refractivity contribution in [1.29, 1.82) is 0 Å². The van der Waals surface area contributed by atoms with Crippen LogP contribution in [-0.4, -0.2) is 28.9 Å². The summed E-state index contributed by atoms with van der Waals surface area (Å²) in [5.74, 6) is 0.648. The molecule has 0 aliphatic carbocycles. The molecule has 1 fully saturated rings. The molecule has 2 aromatic carbocycles. The van der Waals surface area contributed by atoms with Crippen LogP contribution in [0.4, 0.5) is 0 Å². The molecule has 0 saturated carbocycles. The van der Waals surface area contributed by atoms with Crippen molar-refractivity contribution in [2.24, 2.45) is 0 Å². The summed E-state index contributed by atoms with van der Waals surface area (Å²) in [6.07, 6.45) is 2.40. The third-order valence-corrected chi connectivity index (χ3v) is 5.65. The number of benzene rings is 2. The first-order valence-corrected chi connectivity index (χ1v) is 9.64. The number of carbonyl (C=O) groups excluding carboxylic acids is 1. The number of halogens is 2. The van der Waals surface area contributed by atoms with Crippen LogP contribution in [0.15, 0.2) is 48.5 Å². The van der Waals surface area contributed by atoms with E-state index in [9.17, 15) is 4.79 Å². The topological polar surface area (TPSA) is 36.1 Å². The van der Waals surface area contributed by atoms with Gasteiger partial charge in [-0.05, 0) is 54.8 Å². The Kier molecular flexibility index (Phi) is 4.92. The number of aromatic amines is 1. The summed E-state index contributed by atoms with van der Waals surface area (Å²) in [6.45, 7) is 1.60. The number of hydrogen-bond donors (Lipinski definition) is 1. The van der Waals surface area contributed by atoms with Crippen LogP contribution in [0.3, 0.4) is 0 Å². The van der Waals surface area contributed by atoms with Gasteiger partial charge in [-0.1, -0.05) is 35.3 Å². The second kappa shape index (κ2) is 7.34. The van der Waals surface area contributed by atoms with E-state index in [4.69, 9.17) is 23.2 Å². The Hall–Kier alpha value is -1.97. The molecule has 1 saturated heterocycles. The quantitative estimate of drug-likeness (QED) is 0.640. The lowest BCUT2D eigenvalue weighted by molar-refractivity contribution is -0.131. The number of rotatable bonds is 3. The Bertz CT molecular complexity index is 925. The number of aromatic nitrogens is 1. The highest BCUT2D eigenvalue weighted by atomic mass is 35.5. The zero-order valence-corrected chi connectivity index (χ0v) is 15.9. The van der Waals surface area contributed by atoms with Crippen LogP contribution in [0, 0.1) is 0 Å². The fraction of sp³-hybridized carbons (Fsp3) is 0.286. The number of nitrogens with zero attached hydrogens (tertiary/aromatic N) is 1. The van der Waals surface area contributed by atoms with Crippen molar-refractivity contribution >= 4 is 40.0 Å². The largest absolute Gasteiger partial charge is 0.358 e. The molecule has 134 valence electrons. The molecule has 26 heavy (non-hydrogen) atoms. The molecule has 1 aliphatic rings. The normalized spacial score (nSPS) is 15.5. The molecule has 1 N–H and O–H groups in total. The second-order valence-electron chi connectivity index (χ2n) is 6.91. The molecule has 3 aromatic rings. The fourth-order valence-corrected chi connectivity index (χ4v) is 3.98. The van der Waals surface area contributed by atoms with E-state index in [0.29, 0.717) is 17.4 Å². The first-order valence-electron chi connectivity index (χ1n) is 8.89. The number of amides is 1. The highest BCUT2D eigenvalue weighted by molar-refractivity contribution is 6.31. The van der Waals surface area contributed by atoms with Gasteiger partial charge in [-0.2, -0.15) is 0 Å². The molecule has 5 heteroatoms. The summed E-state index contributed by atoms with van der Waals surface area (Å²) in [4.78, 5) is 18.0. The predicted molar refractivity (Wildman–Crippen MR) is 107 cm³/mol. The highest BCUT2D eigenvalue weighted by Gasteiger charge is 2.24. The minimum Gasteiger partial charge on any atom is -0.358 e. The van der Waals surface area contributed by atoms with Crippen LogP contribution in [-0.2, 0) is 11.2 Å². The van der Waals surface area contributed by atoms with Gasteiger partial charge in [0.2, 0.25) is 5.91 Å². The van der Waals surface area contributed by atoms with E-state index in [1.807, 2.05) is 47.4 Å². The van der Waals surface area contributed by atoms with Crippen molar-refractivity contribution in [3.8, 4) is 0 Å². The summed E-state index contributed by atoms with van der Waals surface area (Å²) in [6, 6.07) is 15.6. The molecule has 1 aliphatic heterocycles. The Morgan fingerprint density at radius 2 is 1.69 bits per heavy atom. The Labute approximate surface area is 162 Å². The molecule has 3 nitrogen and oxygen atoms in total. The summed E-state index contributed by atoms with van der Waals surface area (Å²) in [5, 5.41) is 2.60. The number of piperidine rings is 1. The molecule has 1 aromatic heterocycles. The van der Waals surface area contributed by atoms with E-state index >= 15 is 0 Å². The summed E-state index contributed by atoms with van der Waals surface area (Å²) in [7, 11) is 0. The van der Waals surface area contributed by atoms with Gasteiger partial charge in [0.1, 0.15) is 0 Å². The van der Waals surface area contributed by atoms with Crippen LogP contribution < -0.4 is 0 Å². The van der Waals surface area contributed by atoms with E-state index in [-0.39, 0.29) is 5.91 Å². The van der Waals surface area contributed by atoms with Gasteiger partial charge in [0.05, 0.1) is 6.42 Å². The third-order valence-electron chi connectivity index (χ3n) is 5.16. The second-order valence-corrected chi connectivity index (χ2v) is 7.79. The van der Waals surface area contributed by atoms with Gasteiger partial charge in [0.15, 0.2) is 0 Å². The maximum absolute atomic E-state index is 12.5. The lowest BCUT2D eigenvalue weighted by atomic mass is 9.93. The maximum Gasteiger partial charge on any atom is 0.226 e. The zero-order chi connectivity index (χ0) is 18.1. The Balaban J connectivity index is 1.38. The van der Waals surface area contributed by atoms with Crippen molar-refractivity contribution in [3.63, 3.8) is 0 Å². The molecular weight excluding hydrogens is 367 g/mol. The van der Waals surface area contributed by atoms with Crippen molar-refractivity contribution in [3.05, 3.63) is 69.8 Å². The number of carbonyl (C=O) groups is 1. The van der Waals surface area contributed by atoms with Crippen LogP contribution in [0.25, 0.3) is 10.9 Å². The molecule has 2 heterocycles. The van der Waals surface area contributed by atoms with Crippen molar-refractivity contribution in [1.82, 2.24) is 9.88 Å². The van der Waals surface area contributed by atoms with Gasteiger partial charge in [0, 0.05) is 45.6 Å². The molecule has 0 bridgehead atoms. The molecular formula is C21H20Cl2N2O. The molecule has 4 rings (SSSR count). The third kappa shape index (κ3) is 3.74. The average Bonchev–Trinajstić information content (AvgIpc) is 3.07. The first-order chi connectivity index (χ1) is 12.6. The number of hydrogen-bond acceptors (Lipinski definition) is 1. The summed E-state index contributed by atoms with van der Waals surface area (Å²) in [5.41, 5.74) is 3.37. The number of fused-ring (bicyclic) bond motifs is 1. The van der Waals surface area contributed by atoms with Crippen molar-refractivity contribution < 1.29 is 4.79 Å². The summed E-state index contributed by atoms with van der Waals surface area (Å²) >= 11 is 12.0. The van der Waals surface area contributed by atoms with E-state index in [2.05, 4.69) is 11.1 Å². The first kappa shape index (κ1) is 17.4. The Morgan fingerprint density at radius 1 is 1.00 bits per heavy atom. The molecule has 0 spiro atoms. The van der Waals surface area contributed by atoms with Crippen LogP contribution >= 0.6 is 23.2 Å². The Morgan fingerprint density at radius 3 is 2.42 bits per heavy atom. The smallest absolute Gasteiger partial charge is 0.226 e. The average molecular weight is 387 g/mol. The van der Waals surface area contributed by atoms with Gasteiger partial charge in [-0.15, -0.1) is 0 Å². The van der Waals surface area contributed by atoms with Crippen LogP contribution in [0.2, 0.25) is 10.0 Å². The van der Waals surface area contributed by atoms with Gasteiger partial charge in [-0.3, -0.25) is 4.79 Å². The number of likely N-dealkylation sites (tertiary alicyclic amines) is 1. The number of nitrogens with one attached hydrogen (secondary N) is 1. The SMILES string of the molecule is O=C(Cc1ccc(Cl)cc1)N1CCC(c2cc3cc(Cl)ccc3[nH]2)CC1. The minimum absolute atomic E-state index is 0.189. The van der Waals surface area contributed by atoms with E-state index in [1.54, 1.807) is 0 Å². The van der Waals surface area contributed by atoms with Crippen LogP contribution in [0.5, 0.6) is 0 Å². The van der Waals surface area contributed by atoms with E-state index in [0.717, 1.165) is 47.4 Å². The predicted octanol–water partition coefficient (Wildman–Crippen LogP) is 5.42. The minimum atomic E-state index is 0.189. The van der Waals surface area contributed by atoms with Crippen molar-refractivity contribution in [2.45, 2.75) is 25.2 Å². The highest BCUT2D eigenvalue weighted by Crippen LogP contribution is 2.31. The number of H-pyrrole nitrogens is 1. The van der Waals surface area contributed by atoms with Crippen LogP contribution in [0.1, 0.15) is 30.0 Å². The molecule has 0 unspecified atom stereocenters. The van der Waals surface area contributed by atoms with E-state index < -0.39 is 0 Å². The lowest BCUT2D eigenvalue weighted by Gasteiger charge is -2.31. The van der Waals surface area contributed by atoms with Gasteiger partial charge >= 0.3 is 0 Å². The van der Waals surface area contributed by atoms with Gasteiger partial charge in [-0.25, -0.2) is 0 Å². The standard InChI is InChI=1S/C21H20Cl2N2O/c22-17-3-1-14(2-4-17)11-21(26)25-9-7-15(8-10-25)20-13-16-12-18(23)5-6-19(16)24-20/h1-6,12-13,15,24H,7-11H2. The monoisotopic (exact) mass is 386 g/mol. The van der Waals surface area contributed by atoms with Gasteiger partial charge < -0.3 is 9.88 Å². The maximum atomic E-state index is 12.5. The molecule has 0 radical (unpaired) electrons. The molecule has 0 atom stereocenters.